The first-order chi connectivity index (χ1) is 16.1. The van der Waals surface area contributed by atoms with Crippen molar-refractivity contribution >= 4 is 10.8 Å². The molecule has 0 aliphatic heterocycles. The summed E-state index contributed by atoms with van der Waals surface area (Å²) in [6.07, 6.45) is 8.69. The first-order valence-corrected chi connectivity index (χ1v) is 12.7. The zero-order chi connectivity index (χ0) is 22.4. The summed E-state index contributed by atoms with van der Waals surface area (Å²) in [6.45, 7) is 3.68. The van der Waals surface area contributed by atoms with Crippen LogP contribution in [0, 0.1) is 29.0 Å². The van der Waals surface area contributed by atoms with Gasteiger partial charge in [-0.3, -0.25) is 0 Å². The van der Waals surface area contributed by atoms with E-state index in [0.717, 1.165) is 35.6 Å². The maximum atomic E-state index is 13.3. The van der Waals surface area contributed by atoms with Crippen LogP contribution in [0.2, 0.25) is 0 Å². The Labute approximate surface area is 196 Å². The van der Waals surface area contributed by atoms with E-state index in [0.29, 0.717) is 18.1 Å². The number of benzene rings is 3. The van der Waals surface area contributed by atoms with Gasteiger partial charge in [0.1, 0.15) is 18.2 Å². The fraction of sp³-hybridized carbons (Fsp3) is 0.467. The molecular formula is C30H34FNO. The highest BCUT2D eigenvalue weighted by Crippen LogP contribution is 2.61. The average Bonchev–Trinajstić information content (AvgIpc) is 2.81. The summed E-state index contributed by atoms with van der Waals surface area (Å²) in [5.74, 6) is 3.60. The molecule has 3 heteroatoms. The van der Waals surface area contributed by atoms with Gasteiger partial charge in [-0.05, 0) is 103 Å². The number of halogens is 1. The lowest BCUT2D eigenvalue weighted by molar-refractivity contribution is -0.0706. The lowest BCUT2D eigenvalue weighted by Crippen LogP contribution is -2.54. The standard InChI is InChI=1S/C30H34FNO/c1-20(30-15-22-12-23(16-30)14-24(13-22)17-30)32-18-28-27-5-3-2-4-25(27)8-11-29(28)33-19-21-6-9-26(31)10-7-21/h2-11,20,22-24,32H,12-19H2,1H3/t20-,22?,23?,24?,30?/m0/s1. The molecule has 3 aromatic carbocycles. The minimum absolute atomic E-state index is 0.215. The fourth-order valence-corrected chi connectivity index (χ4v) is 7.55. The van der Waals surface area contributed by atoms with Crippen LogP contribution in [0.15, 0.2) is 60.7 Å². The van der Waals surface area contributed by atoms with Crippen LogP contribution in [0.25, 0.3) is 10.8 Å². The van der Waals surface area contributed by atoms with Gasteiger partial charge in [0.05, 0.1) is 0 Å². The van der Waals surface area contributed by atoms with Crippen molar-refractivity contribution in [2.75, 3.05) is 0 Å². The van der Waals surface area contributed by atoms with Gasteiger partial charge >= 0.3 is 0 Å². The molecule has 0 spiro atoms. The molecule has 4 aliphatic rings. The molecule has 0 radical (unpaired) electrons. The van der Waals surface area contributed by atoms with Crippen molar-refractivity contribution in [3.05, 3.63) is 77.6 Å². The van der Waals surface area contributed by atoms with Gasteiger partial charge in [0.2, 0.25) is 0 Å². The molecule has 4 aliphatic carbocycles. The zero-order valence-electron chi connectivity index (χ0n) is 19.5. The van der Waals surface area contributed by atoms with Crippen LogP contribution in [0.3, 0.4) is 0 Å². The van der Waals surface area contributed by atoms with E-state index in [4.69, 9.17) is 4.74 Å². The molecule has 4 fully saturated rings. The Morgan fingerprint density at radius 1 is 0.909 bits per heavy atom. The van der Waals surface area contributed by atoms with Crippen molar-refractivity contribution in [3.8, 4) is 5.75 Å². The molecule has 0 aromatic heterocycles. The van der Waals surface area contributed by atoms with Crippen molar-refractivity contribution in [2.45, 2.75) is 64.6 Å². The third-order valence-corrected chi connectivity index (χ3v) is 8.89. The van der Waals surface area contributed by atoms with Gasteiger partial charge in [0.15, 0.2) is 0 Å². The SMILES string of the molecule is C[C@H](NCc1c(OCc2ccc(F)cc2)ccc2ccccc12)C12CC3CC(CC(C3)C1)C2. The maximum absolute atomic E-state index is 13.3. The van der Waals surface area contributed by atoms with E-state index in [1.54, 1.807) is 12.1 Å². The second kappa shape index (κ2) is 8.43. The molecule has 1 N–H and O–H groups in total. The Morgan fingerprint density at radius 3 is 2.27 bits per heavy atom. The monoisotopic (exact) mass is 443 g/mol. The number of hydrogen-bond donors (Lipinski definition) is 1. The molecule has 2 nitrogen and oxygen atoms in total. The molecule has 3 aromatic rings. The van der Waals surface area contributed by atoms with Crippen molar-refractivity contribution in [1.82, 2.24) is 5.32 Å². The molecule has 172 valence electrons. The van der Waals surface area contributed by atoms with E-state index < -0.39 is 0 Å². The van der Waals surface area contributed by atoms with Gasteiger partial charge < -0.3 is 10.1 Å². The van der Waals surface area contributed by atoms with Gasteiger partial charge in [-0.25, -0.2) is 4.39 Å². The van der Waals surface area contributed by atoms with Crippen LogP contribution in [0.5, 0.6) is 5.75 Å². The summed E-state index contributed by atoms with van der Waals surface area (Å²) in [6, 6.07) is 19.9. The van der Waals surface area contributed by atoms with E-state index in [9.17, 15) is 4.39 Å². The molecular weight excluding hydrogens is 409 g/mol. The predicted molar refractivity (Wildman–Crippen MR) is 132 cm³/mol. The van der Waals surface area contributed by atoms with Crippen LogP contribution in [0.1, 0.15) is 56.6 Å². The lowest BCUT2D eigenvalue weighted by atomic mass is 9.48. The Morgan fingerprint density at radius 2 is 1.58 bits per heavy atom. The van der Waals surface area contributed by atoms with Crippen LogP contribution < -0.4 is 10.1 Å². The molecule has 4 bridgehead atoms. The summed E-state index contributed by atoms with van der Waals surface area (Å²) in [4.78, 5) is 0. The summed E-state index contributed by atoms with van der Waals surface area (Å²) in [5.41, 5.74) is 2.69. The lowest BCUT2D eigenvalue weighted by Gasteiger charge is -2.59. The first kappa shape index (κ1) is 21.2. The van der Waals surface area contributed by atoms with Crippen molar-refractivity contribution in [1.29, 1.82) is 0 Å². The maximum Gasteiger partial charge on any atom is 0.124 e. The Hall–Kier alpha value is -2.39. The molecule has 0 saturated heterocycles. The normalized spacial score (nSPS) is 28.8. The predicted octanol–water partition coefficient (Wildman–Crippen LogP) is 7.25. The van der Waals surface area contributed by atoms with Gasteiger partial charge in [-0.2, -0.15) is 0 Å². The van der Waals surface area contributed by atoms with E-state index in [2.05, 4.69) is 48.6 Å². The van der Waals surface area contributed by atoms with E-state index in [1.165, 1.54) is 67.0 Å². The van der Waals surface area contributed by atoms with Crippen LogP contribution >= 0.6 is 0 Å². The summed E-state index contributed by atoms with van der Waals surface area (Å²) >= 11 is 0. The number of ether oxygens (including phenoxy) is 1. The van der Waals surface area contributed by atoms with Crippen LogP contribution in [-0.4, -0.2) is 6.04 Å². The average molecular weight is 444 g/mol. The van der Waals surface area contributed by atoms with E-state index >= 15 is 0 Å². The van der Waals surface area contributed by atoms with E-state index in [-0.39, 0.29) is 5.82 Å². The third kappa shape index (κ3) is 4.05. The molecule has 7 rings (SSSR count). The Bertz CT molecular complexity index is 1100. The highest BCUT2D eigenvalue weighted by atomic mass is 19.1. The molecule has 0 heterocycles. The van der Waals surface area contributed by atoms with Gasteiger partial charge in [-0.15, -0.1) is 0 Å². The highest BCUT2D eigenvalue weighted by molar-refractivity contribution is 5.87. The number of nitrogens with one attached hydrogen (secondary N) is 1. The largest absolute Gasteiger partial charge is 0.489 e. The summed E-state index contributed by atoms with van der Waals surface area (Å²) in [7, 11) is 0. The second-order valence-electron chi connectivity index (χ2n) is 11.1. The van der Waals surface area contributed by atoms with Crippen LogP contribution in [0.4, 0.5) is 4.39 Å². The fourth-order valence-electron chi connectivity index (χ4n) is 7.55. The minimum atomic E-state index is -0.215. The number of fused-ring (bicyclic) bond motifs is 1. The Kier molecular flexibility index (Phi) is 5.41. The molecule has 1 atom stereocenters. The van der Waals surface area contributed by atoms with Gasteiger partial charge in [0.25, 0.3) is 0 Å². The molecule has 33 heavy (non-hydrogen) atoms. The Balaban J connectivity index is 1.23. The zero-order valence-corrected chi connectivity index (χ0v) is 19.5. The second-order valence-corrected chi connectivity index (χ2v) is 11.1. The third-order valence-electron chi connectivity index (χ3n) is 8.89. The van der Waals surface area contributed by atoms with Crippen molar-refractivity contribution in [3.63, 3.8) is 0 Å². The highest BCUT2D eigenvalue weighted by Gasteiger charge is 2.52. The van der Waals surface area contributed by atoms with E-state index in [1.807, 2.05) is 0 Å². The topological polar surface area (TPSA) is 21.3 Å². The first-order valence-electron chi connectivity index (χ1n) is 12.7. The van der Waals surface area contributed by atoms with Crippen LogP contribution in [-0.2, 0) is 13.2 Å². The molecule has 0 amide bonds. The van der Waals surface area contributed by atoms with Gasteiger partial charge in [0, 0.05) is 18.2 Å². The number of hydrogen-bond acceptors (Lipinski definition) is 2. The van der Waals surface area contributed by atoms with Gasteiger partial charge in [-0.1, -0.05) is 42.5 Å². The number of rotatable bonds is 7. The quantitative estimate of drug-likeness (QED) is 0.415. The smallest absolute Gasteiger partial charge is 0.124 e. The summed E-state index contributed by atoms with van der Waals surface area (Å²) in [5, 5.41) is 6.46. The van der Waals surface area contributed by atoms with Crippen molar-refractivity contribution < 1.29 is 9.13 Å². The minimum Gasteiger partial charge on any atom is -0.489 e. The molecule has 4 saturated carbocycles. The summed E-state index contributed by atoms with van der Waals surface area (Å²) < 4.78 is 19.6. The molecule has 0 unspecified atom stereocenters. The van der Waals surface area contributed by atoms with Crippen molar-refractivity contribution in [2.24, 2.45) is 23.2 Å².